The van der Waals surface area contributed by atoms with E-state index in [-0.39, 0.29) is 35.0 Å². The van der Waals surface area contributed by atoms with Gasteiger partial charge in [-0.1, -0.05) is 13.8 Å². The van der Waals surface area contributed by atoms with Gasteiger partial charge in [0.25, 0.3) is 0 Å². The van der Waals surface area contributed by atoms with Crippen LogP contribution < -0.4 is 4.74 Å². The number of rotatable bonds is 6. The van der Waals surface area contributed by atoms with Gasteiger partial charge in [0.05, 0.1) is 30.3 Å². The Hall–Kier alpha value is -1.68. The van der Waals surface area contributed by atoms with E-state index in [1.165, 1.54) is 4.31 Å². The molecule has 1 aromatic carbocycles. The third-order valence-corrected chi connectivity index (χ3v) is 7.89. The number of carbonyl (C=O) groups excluding carboxylic acids is 1. The Morgan fingerprint density at radius 1 is 1.03 bits per heavy atom. The predicted molar refractivity (Wildman–Crippen MR) is 119 cm³/mol. The van der Waals surface area contributed by atoms with Crippen molar-refractivity contribution in [1.82, 2.24) is 14.1 Å². The fraction of sp³-hybridized carbons (Fsp3) is 0.682. The maximum absolute atomic E-state index is 13.4. The Labute approximate surface area is 186 Å². The number of hydrogen-bond donors (Lipinski definition) is 0. The summed E-state index contributed by atoms with van der Waals surface area (Å²) in [5, 5.41) is 0. The number of morpholine rings is 1. The lowest BCUT2D eigenvalue weighted by Gasteiger charge is -2.43. The molecule has 3 unspecified atom stereocenters. The molecular formula is C22H35N3O5S. The van der Waals surface area contributed by atoms with Crippen molar-refractivity contribution in [2.45, 2.75) is 50.8 Å². The van der Waals surface area contributed by atoms with E-state index in [0.717, 1.165) is 13.1 Å². The fourth-order valence-electron chi connectivity index (χ4n) is 4.54. The standard InChI is InChI=1S/C22H35N3O5S/c1-16(2)21(24-14-17(3)30-18(4)15-24)22(26)23-10-12-25(13-11-23)31(27,28)20-8-6-19(29-5)7-9-20/h6-9,16-18,21H,10-15H2,1-5H3. The van der Waals surface area contributed by atoms with Gasteiger partial charge >= 0.3 is 0 Å². The minimum absolute atomic E-state index is 0.0813. The second-order valence-electron chi connectivity index (χ2n) is 8.80. The largest absolute Gasteiger partial charge is 0.497 e. The van der Waals surface area contributed by atoms with Gasteiger partial charge in [-0.25, -0.2) is 8.42 Å². The van der Waals surface area contributed by atoms with Crippen molar-refractivity contribution in [3.05, 3.63) is 24.3 Å². The number of ether oxygens (including phenoxy) is 2. The molecule has 8 nitrogen and oxygen atoms in total. The first-order valence-electron chi connectivity index (χ1n) is 11.0. The van der Waals surface area contributed by atoms with Gasteiger partial charge in [-0.2, -0.15) is 4.31 Å². The average Bonchev–Trinajstić information content (AvgIpc) is 2.73. The molecule has 1 amide bonds. The summed E-state index contributed by atoms with van der Waals surface area (Å²) in [6.07, 6.45) is 0.175. The monoisotopic (exact) mass is 453 g/mol. The van der Waals surface area contributed by atoms with Crippen LogP contribution in [0.1, 0.15) is 27.7 Å². The highest BCUT2D eigenvalue weighted by molar-refractivity contribution is 7.89. The van der Waals surface area contributed by atoms with Crippen molar-refractivity contribution < 1.29 is 22.7 Å². The molecule has 0 spiro atoms. The van der Waals surface area contributed by atoms with Gasteiger partial charge in [0.15, 0.2) is 0 Å². The lowest BCUT2D eigenvalue weighted by molar-refractivity contribution is -0.146. The van der Waals surface area contributed by atoms with Crippen LogP contribution in [0.3, 0.4) is 0 Å². The summed E-state index contributed by atoms with van der Waals surface area (Å²) in [6, 6.07) is 6.18. The molecule has 1 aromatic rings. The number of piperazine rings is 1. The number of nitrogens with zero attached hydrogens (tertiary/aromatic N) is 3. The Kier molecular flexibility index (Phi) is 7.62. The summed E-state index contributed by atoms with van der Waals surface area (Å²) in [6.45, 7) is 11.0. The lowest BCUT2D eigenvalue weighted by atomic mass is 9.98. The molecule has 174 valence electrons. The Bertz CT molecular complexity index is 840. The molecule has 0 aromatic heterocycles. The second-order valence-corrected chi connectivity index (χ2v) is 10.7. The molecule has 0 N–H and O–H groups in total. The lowest BCUT2D eigenvalue weighted by Crippen LogP contribution is -2.60. The fourth-order valence-corrected chi connectivity index (χ4v) is 5.96. The first-order chi connectivity index (χ1) is 14.6. The van der Waals surface area contributed by atoms with Crippen LogP contribution in [0.15, 0.2) is 29.2 Å². The zero-order valence-corrected chi connectivity index (χ0v) is 20.0. The van der Waals surface area contributed by atoms with Gasteiger partial charge < -0.3 is 14.4 Å². The van der Waals surface area contributed by atoms with Crippen LogP contribution in [0, 0.1) is 5.92 Å². The molecule has 2 aliphatic heterocycles. The smallest absolute Gasteiger partial charge is 0.243 e. The number of carbonyl (C=O) groups is 1. The van der Waals surface area contributed by atoms with E-state index in [1.54, 1.807) is 31.4 Å². The second kappa shape index (κ2) is 9.85. The zero-order valence-electron chi connectivity index (χ0n) is 19.2. The zero-order chi connectivity index (χ0) is 22.8. The van der Waals surface area contributed by atoms with Gasteiger partial charge in [-0.15, -0.1) is 0 Å². The van der Waals surface area contributed by atoms with E-state index >= 15 is 0 Å². The van der Waals surface area contributed by atoms with E-state index in [9.17, 15) is 13.2 Å². The van der Waals surface area contributed by atoms with Crippen molar-refractivity contribution in [3.63, 3.8) is 0 Å². The van der Waals surface area contributed by atoms with Gasteiger partial charge in [-0.3, -0.25) is 9.69 Å². The third kappa shape index (κ3) is 5.39. The van der Waals surface area contributed by atoms with Crippen molar-refractivity contribution in [2.75, 3.05) is 46.4 Å². The van der Waals surface area contributed by atoms with Crippen LogP contribution in [-0.2, 0) is 19.6 Å². The summed E-state index contributed by atoms with van der Waals surface area (Å²) in [7, 11) is -2.05. The minimum Gasteiger partial charge on any atom is -0.497 e. The molecule has 2 fully saturated rings. The first-order valence-corrected chi connectivity index (χ1v) is 12.4. The highest BCUT2D eigenvalue weighted by Gasteiger charge is 2.38. The average molecular weight is 454 g/mol. The molecule has 31 heavy (non-hydrogen) atoms. The Morgan fingerprint density at radius 3 is 2.06 bits per heavy atom. The molecular weight excluding hydrogens is 418 g/mol. The van der Waals surface area contributed by atoms with Crippen LogP contribution in [0.25, 0.3) is 0 Å². The molecule has 0 radical (unpaired) electrons. The quantitative estimate of drug-likeness (QED) is 0.652. The number of hydrogen-bond acceptors (Lipinski definition) is 6. The molecule has 0 saturated carbocycles. The number of amides is 1. The van der Waals surface area contributed by atoms with E-state index in [4.69, 9.17) is 9.47 Å². The maximum atomic E-state index is 13.4. The molecule has 3 atom stereocenters. The summed E-state index contributed by atoms with van der Waals surface area (Å²) in [4.78, 5) is 17.7. The molecule has 0 aliphatic carbocycles. The van der Waals surface area contributed by atoms with E-state index in [2.05, 4.69) is 18.7 Å². The Morgan fingerprint density at radius 2 is 1.58 bits per heavy atom. The number of benzene rings is 1. The topological polar surface area (TPSA) is 79.4 Å². The van der Waals surface area contributed by atoms with E-state index < -0.39 is 10.0 Å². The van der Waals surface area contributed by atoms with Crippen LogP contribution in [-0.4, -0.2) is 93.1 Å². The maximum Gasteiger partial charge on any atom is 0.243 e. The number of methoxy groups -OCH3 is 1. The van der Waals surface area contributed by atoms with Gasteiger partial charge in [0, 0.05) is 39.3 Å². The molecule has 3 rings (SSSR count). The molecule has 2 heterocycles. The van der Waals surface area contributed by atoms with Gasteiger partial charge in [0.2, 0.25) is 15.9 Å². The summed E-state index contributed by atoms with van der Waals surface area (Å²) in [5.74, 6) is 0.852. The highest BCUT2D eigenvalue weighted by Crippen LogP contribution is 2.23. The summed E-state index contributed by atoms with van der Waals surface area (Å²) < 4.78 is 38.4. The van der Waals surface area contributed by atoms with Crippen LogP contribution in [0.2, 0.25) is 0 Å². The summed E-state index contributed by atoms with van der Waals surface area (Å²) >= 11 is 0. The minimum atomic E-state index is -3.59. The third-order valence-electron chi connectivity index (χ3n) is 5.97. The van der Waals surface area contributed by atoms with Crippen molar-refractivity contribution in [2.24, 2.45) is 5.92 Å². The normalized spacial score (nSPS) is 24.9. The van der Waals surface area contributed by atoms with Crippen molar-refractivity contribution in [3.8, 4) is 5.75 Å². The van der Waals surface area contributed by atoms with Crippen LogP contribution >= 0.6 is 0 Å². The van der Waals surface area contributed by atoms with Gasteiger partial charge in [0.1, 0.15) is 5.75 Å². The highest BCUT2D eigenvalue weighted by atomic mass is 32.2. The van der Waals surface area contributed by atoms with Crippen LogP contribution in [0.4, 0.5) is 0 Å². The molecule has 2 saturated heterocycles. The molecule has 0 bridgehead atoms. The van der Waals surface area contributed by atoms with Crippen LogP contribution in [0.5, 0.6) is 5.75 Å². The first kappa shape index (κ1) is 24.0. The summed E-state index contributed by atoms with van der Waals surface area (Å²) in [5.41, 5.74) is 0. The number of sulfonamides is 1. The predicted octanol–water partition coefficient (Wildman–Crippen LogP) is 1.66. The Balaban J connectivity index is 1.66. The van der Waals surface area contributed by atoms with E-state index in [1.807, 2.05) is 18.7 Å². The van der Waals surface area contributed by atoms with Gasteiger partial charge in [-0.05, 0) is 44.0 Å². The molecule has 2 aliphatic rings. The van der Waals surface area contributed by atoms with Crippen molar-refractivity contribution in [1.29, 1.82) is 0 Å². The SMILES string of the molecule is COc1ccc(S(=O)(=O)N2CCN(C(=O)C(C(C)C)N3CC(C)OC(C)C3)CC2)cc1. The van der Waals surface area contributed by atoms with Crippen molar-refractivity contribution >= 4 is 15.9 Å². The van der Waals surface area contributed by atoms with E-state index in [0.29, 0.717) is 31.9 Å². The molecule has 9 heteroatoms.